The van der Waals surface area contributed by atoms with Crippen LogP contribution in [0.1, 0.15) is 0 Å². The van der Waals surface area contributed by atoms with Crippen LogP contribution in [0.3, 0.4) is 0 Å². The first-order chi connectivity index (χ1) is 7.99. The fraction of sp³-hybridized carbons (Fsp3) is 0.286. The quantitative estimate of drug-likeness (QED) is 0.804. The Labute approximate surface area is 95.6 Å². The van der Waals surface area contributed by atoms with Crippen molar-refractivity contribution in [3.8, 4) is 0 Å². The van der Waals surface area contributed by atoms with Crippen molar-refractivity contribution in [3.05, 3.63) is 18.2 Å². The van der Waals surface area contributed by atoms with Crippen molar-refractivity contribution in [2.24, 2.45) is 0 Å². The minimum atomic E-state index is -4.11. The number of nitrogens with one attached hydrogen (secondary N) is 1. The molecule has 0 atom stereocenters. The van der Waals surface area contributed by atoms with Gasteiger partial charge in [0.05, 0.1) is 18.9 Å². The number of anilines is 1. The third-order valence-electron chi connectivity index (χ3n) is 1.85. The van der Waals surface area contributed by atoms with Gasteiger partial charge in [-0.2, -0.15) is 12.7 Å². The van der Waals surface area contributed by atoms with Crippen LogP contribution in [0, 0.1) is 5.82 Å². The molecule has 1 fully saturated rings. The second-order valence-corrected chi connectivity index (χ2v) is 4.61. The summed E-state index contributed by atoms with van der Waals surface area (Å²) >= 11 is 0. The summed E-state index contributed by atoms with van der Waals surface area (Å²) in [5.74, 6) is -1.03. The monoisotopic (exact) mass is 262 g/mol. The molecule has 0 aromatic carbocycles. The van der Waals surface area contributed by atoms with Gasteiger partial charge in [-0.05, 0) is 0 Å². The van der Waals surface area contributed by atoms with E-state index in [-0.39, 0.29) is 19.1 Å². The maximum atomic E-state index is 12.5. The van der Waals surface area contributed by atoms with Crippen molar-refractivity contribution in [1.29, 1.82) is 0 Å². The Balaban J connectivity index is 2.17. The summed E-state index contributed by atoms with van der Waals surface area (Å²) in [6, 6.07) is 0. The highest BCUT2D eigenvalue weighted by Crippen LogP contribution is 2.11. The normalized spacial score (nSPS) is 15.8. The minimum Gasteiger partial charge on any atom is -0.447 e. The van der Waals surface area contributed by atoms with Crippen molar-refractivity contribution in [2.45, 2.75) is 0 Å². The van der Waals surface area contributed by atoms with Gasteiger partial charge in [-0.25, -0.2) is 23.9 Å². The molecule has 1 aromatic rings. The van der Waals surface area contributed by atoms with Crippen LogP contribution in [0.2, 0.25) is 0 Å². The first-order valence-corrected chi connectivity index (χ1v) is 5.88. The van der Waals surface area contributed by atoms with Gasteiger partial charge in [0.25, 0.3) is 0 Å². The second-order valence-electron chi connectivity index (χ2n) is 3.02. The molecule has 0 bridgehead atoms. The van der Waals surface area contributed by atoms with Gasteiger partial charge in [0.15, 0.2) is 5.82 Å². The molecule has 0 spiro atoms. The third-order valence-corrected chi connectivity index (χ3v) is 3.21. The number of aromatic nitrogens is 2. The van der Waals surface area contributed by atoms with Crippen LogP contribution in [0.15, 0.2) is 12.4 Å². The van der Waals surface area contributed by atoms with E-state index in [1.165, 1.54) is 0 Å². The van der Waals surface area contributed by atoms with E-state index in [1.807, 2.05) is 4.72 Å². The number of cyclic esters (lactones) is 1. The SMILES string of the molecule is O=C1OCCN1S(=O)(=O)Nc1ncc(F)cn1. The van der Waals surface area contributed by atoms with Gasteiger partial charge < -0.3 is 4.74 Å². The predicted octanol–water partition coefficient (Wildman–Crippen LogP) is -0.275. The molecule has 1 saturated heterocycles. The van der Waals surface area contributed by atoms with Crippen molar-refractivity contribution in [2.75, 3.05) is 17.9 Å². The van der Waals surface area contributed by atoms with E-state index < -0.39 is 22.1 Å². The molecule has 2 heterocycles. The van der Waals surface area contributed by atoms with Gasteiger partial charge in [-0.15, -0.1) is 0 Å². The smallest absolute Gasteiger partial charge is 0.425 e. The fourth-order valence-corrected chi connectivity index (χ4v) is 2.14. The summed E-state index contributed by atoms with van der Waals surface area (Å²) in [5.41, 5.74) is 0. The minimum absolute atomic E-state index is 0.00990. The molecule has 0 saturated carbocycles. The lowest BCUT2D eigenvalue weighted by Crippen LogP contribution is -2.36. The van der Waals surface area contributed by atoms with Crippen molar-refractivity contribution >= 4 is 22.3 Å². The standard InChI is InChI=1S/C7H7FN4O4S/c8-5-3-9-6(10-4-5)11-17(14,15)12-1-2-16-7(12)13/h3-4H,1-2H2,(H,9,10,11). The molecule has 0 unspecified atom stereocenters. The maximum Gasteiger partial charge on any atom is 0.425 e. The molecule has 1 aliphatic heterocycles. The number of rotatable bonds is 3. The molecule has 0 aliphatic carbocycles. The summed E-state index contributed by atoms with van der Waals surface area (Å²) in [6.07, 6.45) is 0.625. The lowest BCUT2D eigenvalue weighted by atomic mass is 10.6. The fourth-order valence-electron chi connectivity index (χ4n) is 1.13. The van der Waals surface area contributed by atoms with Gasteiger partial charge in [-0.1, -0.05) is 0 Å². The summed E-state index contributed by atoms with van der Waals surface area (Å²) < 4.78 is 42.7. The van der Waals surface area contributed by atoms with E-state index in [1.54, 1.807) is 0 Å². The lowest BCUT2D eigenvalue weighted by Gasteiger charge is -2.13. The van der Waals surface area contributed by atoms with Gasteiger partial charge in [0.2, 0.25) is 5.95 Å². The van der Waals surface area contributed by atoms with Crippen molar-refractivity contribution in [3.63, 3.8) is 0 Å². The lowest BCUT2D eigenvalue weighted by molar-refractivity contribution is 0.170. The van der Waals surface area contributed by atoms with Gasteiger partial charge in [0, 0.05) is 0 Å². The summed E-state index contributed by atoms with van der Waals surface area (Å²) in [6.45, 7) is -0.0978. The first-order valence-electron chi connectivity index (χ1n) is 4.44. The summed E-state index contributed by atoms with van der Waals surface area (Å²) in [7, 11) is -4.11. The molecular weight excluding hydrogens is 255 g/mol. The molecule has 17 heavy (non-hydrogen) atoms. The zero-order chi connectivity index (χ0) is 12.5. The average molecular weight is 262 g/mol. The van der Waals surface area contributed by atoms with Gasteiger partial charge in [0.1, 0.15) is 6.61 Å². The van der Waals surface area contributed by atoms with Crippen LogP contribution in [0.5, 0.6) is 0 Å². The molecule has 92 valence electrons. The number of hydrogen-bond donors (Lipinski definition) is 1. The molecule has 1 N–H and O–H groups in total. The van der Waals surface area contributed by atoms with Crippen molar-refractivity contribution in [1.82, 2.24) is 14.3 Å². The number of carbonyl (C=O) groups excluding carboxylic acids is 1. The Morgan fingerprint density at radius 3 is 2.59 bits per heavy atom. The Bertz CT molecular complexity index is 531. The third kappa shape index (κ3) is 2.41. The maximum absolute atomic E-state index is 12.5. The topological polar surface area (TPSA) is 101 Å². The second kappa shape index (κ2) is 4.13. The molecule has 2 rings (SSSR count). The Morgan fingerprint density at radius 1 is 1.41 bits per heavy atom. The van der Waals surface area contributed by atoms with Crippen LogP contribution < -0.4 is 4.72 Å². The van der Waals surface area contributed by atoms with Crippen LogP contribution in [0.4, 0.5) is 15.1 Å². The molecule has 8 nitrogen and oxygen atoms in total. The van der Waals surface area contributed by atoms with Crippen LogP contribution >= 0.6 is 0 Å². The van der Waals surface area contributed by atoms with Crippen LogP contribution in [-0.4, -0.2) is 41.9 Å². The Kier molecular flexibility index (Phi) is 2.79. The van der Waals surface area contributed by atoms with E-state index in [2.05, 4.69) is 14.7 Å². The highest BCUT2D eigenvalue weighted by atomic mass is 32.2. The van der Waals surface area contributed by atoms with Gasteiger partial charge >= 0.3 is 16.3 Å². The van der Waals surface area contributed by atoms with Crippen molar-refractivity contribution < 1.29 is 22.3 Å². The molecule has 1 aliphatic rings. The molecule has 1 aromatic heterocycles. The Hall–Kier alpha value is -1.97. The number of nitrogens with zero attached hydrogens (tertiary/aromatic N) is 3. The number of amides is 1. The number of carbonyl (C=O) groups is 1. The molecular formula is C7H7FN4O4S. The van der Waals surface area contributed by atoms with Gasteiger partial charge in [-0.3, -0.25) is 0 Å². The number of hydrogen-bond acceptors (Lipinski definition) is 6. The highest BCUT2D eigenvalue weighted by molar-refractivity contribution is 7.90. The number of halogens is 1. The zero-order valence-corrected chi connectivity index (χ0v) is 9.15. The highest BCUT2D eigenvalue weighted by Gasteiger charge is 2.33. The number of ether oxygens (including phenoxy) is 1. The van der Waals surface area contributed by atoms with Crippen LogP contribution in [0.25, 0.3) is 0 Å². The van der Waals surface area contributed by atoms with E-state index in [0.717, 1.165) is 12.4 Å². The summed E-state index contributed by atoms with van der Waals surface area (Å²) in [4.78, 5) is 17.9. The van der Waals surface area contributed by atoms with E-state index in [0.29, 0.717) is 4.31 Å². The largest absolute Gasteiger partial charge is 0.447 e. The first kappa shape index (κ1) is 11.5. The van der Waals surface area contributed by atoms with E-state index in [9.17, 15) is 17.6 Å². The van der Waals surface area contributed by atoms with E-state index >= 15 is 0 Å². The molecule has 0 radical (unpaired) electrons. The molecule has 1 amide bonds. The zero-order valence-electron chi connectivity index (χ0n) is 8.33. The van der Waals surface area contributed by atoms with Crippen LogP contribution in [-0.2, 0) is 14.9 Å². The molecule has 10 heteroatoms. The summed E-state index contributed by atoms with van der Waals surface area (Å²) in [5, 5.41) is 0. The van der Waals surface area contributed by atoms with E-state index in [4.69, 9.17) is 0 Å². The average Bonchev–Trinajstić information content (AvgIpc) is 2.68. The predicted molar refractivity (Wildman–Crippen MR) is 52.6 cm³/mol. The Morgan fingerprint density at radius 2 is 2.06 bits per heavy atom.